The van der Waals surface area contributed by atoms with E-state index in [1.54, 1.807) is 11.0 Å². The molecule has 102 valence electrons. The number of aromatic nitrogens is 1. The molecule has 6 nitrogen and oxygen atoms in total. The van der Waals surface area contributed by atoms with Gasteiger partial charge in [-0.3, -0.25) is 9.69 Å². The number of hydrogen-bond acceptors (Lipinski definition) is 5. The Hall–Kier alpha value is -2.60. The Bertz CT molecular complexity index is 645. The van der Waals surface area contributed by atoms with Crippen LogP contribution in [0.4, 0.5) is 11.5 Å². The topological polar surface area (TPSA) is 80.5 Å². The molecule has 6 heteroatoms. The van der Waals surface area contributed by atoms with Crippen molar-refractivity contribution in [2.75, 3.05) is 16.9 Å². The standard InChI is InChI=1S/C14H14N4O2/c15-17-13-7-3-4-10(16-13)8-18-11-5-1-2-6-12(11)20-9-14(18)19/h1-7H,8-9,15H2,(H,16,17). The van der Waals surface area contributed by atoms with Crippen LogP contribution in [0.25, 0.3) is 0 Å². The molecule has 0 radical (unpaired) electrons. The molecule has 0 saturated carbocycles. The Morgan fingerprint density at radius 3 is 2.95 bits per heavy atom. The number of nitrogens with one attached hydrogen (secondary N) is 1. The van der Waals surface area contributed by atoms with Crippen molar-refractivity contribution in [2.45, 2.75) is 6.54 Å². The molecule has 1 aromatic heterocycles. The third-order valence-corrected chi connectivity index (χ3v) is 3.08. The lowest BCUT2D eigenvalue weighted by molar-refractivity contribution is -0.121. The van der Waals surface area contributed by atoms with Crippen LogP contribution in [-0.4, -0.2) is 17.5 Å². The van der Waals surface area contributed by atoms with Crippen molar-refractivity contribution in [1.82, 2.24) is 4.98 Å². The number of rotatable bonds is 3. The lowest BCUT2D eigenvalue weighted by Crippen LogP contribution is -2.38. The highest BCUT2D eigenvalue weighted by Gasteiger charge is 2.25. The average Bonchev–Trinajstić information content (AvgIpc) is 2.50. The van der Waals surface area contributed by atoms with Crippen molar-refractivity contribution in [1.29, 1.82) is 0 Å². The van der Waals surface area contributed by atoms with Gasteiger partial charge in [-0.05, 0) is 24.3 Å². The minimum absolute atomic E-state index is 0.0475. The maximum atomic E-state index is 12.0. The first-order valence-corrected chi connectivity index (χ1v) is 6.22. The maximum absolute atomic E-state index is 12.0. The van der Waals surface area contributed by atoms with Crippen molar-refractivity contribution in [3.05, 3.63) is 48.2 Å². The minimum atomic E-state index is -0.0865. The van der Waals surface area contributed by atoms with Gasteiger partial charge < -0.3 is 10.2 Å². The fourth-order valence-corrected chi connectivity index (χ4v) is 2.14. The van der Waals surface area contributed by atoms with Crippen LogP contribution >= 0.6 is 0 Å². The van der Waals surface area contributed by atoms with Crippen LogP contribution in [-0.2, 0) is 11.3 Å². The average molecular weight is 270 g/mol. The number of nitrogens with two attached hydrogens (primary N) is 1. The first kappa shape index (κ1) is 12.4. The molecule has 3 rings (SSSR count). The van der Waals surface area contributed by atoms with E-state index in [-0.39, 0.29) is 12.5 Å². The molecule has 1 aliphatic heterocycles. The molecular formula is C14H14N4O2. The van der Waals surface area contributed by atoms with Gasteiger partial charge in [0.05, 0.1) is 17.9 Å². The molecule has 1 aromatic carbocycles. The minimum Gasteiger partial charge on any atom is -0.482 e. The smallest absolute Gasteiger partial charge is 0.265 e. The van der Waals surface area contributed by atoms with Crippen LogP contribution in [0.3, 0.4) is 0 Å². The fourth-order valence-electron chi connectivity index (χ4n) is 2.14. The number of carbonyl (C=O) groups is 1. The molecule has 0 spiro atoms. The molecular weight excluding hydrogens is 256 g/mol. The molecule has 0 fully saturated rings. The van der Waals surface area contributed by atoms with E-state index in [0.29, 0.717) is 18.1 Å². The summed E-state index contributed by atoms with van der Waals surface area (Å²) in [7, 11) is 0. The van der Waals surface area contributed by atoms with Gasteiger partial charge in [0.1, 0.15) is 11.6 Å². The van der Waals surface area contributed by atoms with Gasteiger partial charge in [-0.2, -0.15) is 0 Å². The van der Waals surface area contributed by atoms with Crippen LogP contribution in [0, 0.1) is 0 Å². The summed E-state index contributed by atoms with van der Waals surface area (Å²) in [5.41, 5.74) is 4.01. The van der Waals surface area contributed by atoms with Gasteiger partial charge in [0, 0.05) is 0 Å². The zero-order valence-electron chi connectivity index (χ0n) is 10.7. The van der Waals surface area contributed by atoms with Crippen LogP contribution < -0.4 is 20.9 Å². The van der Waals surface area contributed by atoms with Crippen LogP contribution in [0.5, 0.6) is 5.75 Å². The Morgan fingerprint density at radius 1 is 1.25 bits per heavy atom. The van der Waals surface area contributed by atoms with Crippen molar-refractivity contribution in [2.24, 2.45) is 5.84 Å². The van der Waals surface area contributed by atoms with Gasteiger partial charge in [-0.1, -0.05) is 18.2 Å². The number of nitrogens with zero attached hydrogens (tertiary/aromatic N) is 2. The van der Waals surface area contributed by atoms with Gasteiger partial charge in [0.15, 0.2) is 6.61 Å². The highest BCUT2D eigenvalue weighted by atomic mass is 16.5. The molecule has 0 bridgehead atoms. The van der Waals surface area contributed by atoms with E-state index in [4.69, 9.17) is 10.6 Å². The Kier molecular flexibility index (Phi) is 3.22. The second-order valence-corrected chi connectivity index (χ2v) is 4.39. The summed E-state index contributed by atoms with van der Waals surface area (Å²) in [6.07, 6.45) is 0. The highest BCUT2D eigenvalue weighted by molar-refractivity contribution is 5.97. The first-order chi connectivity index (χ1) is 9.78. The number of hydrazine groups is 1. The van der Waals surface area contributed by atoms with Crippen molar-refractivity contribution < 1.29 is 9.53 Å². The second-order valence-electron chi connectivity index (χ2n) is 4.39. The van der Waals surface area contributed by atoms with Gasteiger partial charge in [0.25, 0.3) is 5.91 Å². The predicted octanol–water partition coefficient (Wildman–Crippen LogP) is 1.29. The second kappa shape index (κ2) is 5.18. The molecule has 0 atom stereocenters. The predicted molar refractivity (Wildman–Crippen MR) is 75.2 cm³/mol. The summed E-state index contributed by atoms with van der Waals surface area (Å²) >= 11 is 0. The number of amides is 1. The molecule has 2 aromatic rings. The van der Waals surface area contributed by atoms with Crippen molar-refractivity contribution in [3.63, 3.8) is 0 Å². The number of nitrogen functional groups attached to an aromatic ring is 1. The molecule has 0 unspecified atom stereocenters. The monoisotopic (exact) mass is 270 g/mol. The highest BCUT2D eigenvalue weighted by Crippen LogP contribution is 2.32. The van der Waals surface area contributed by atoms with Gasteiger partial charge in [-0.25, -0.2) is 10.8 Å². The van der Waals surface area contributed by atoms with E-state index in [2.05, 4.69) is 10.4 Å². The summed E-state index contributed by atoms with van der Waals surface area (Å²) in [5.74, 6) is 6.53. The molecule has 0 aliphatic carbocycles. The lowest BCUT2D eigenvalue weighted by Gasteiger charge is -2.29. The van der Waals surface area contributed by atoms with Gasteiger partial charge >= 0.3 is 0 Å². The third-order valence-electron chi connectivity index (χ3n) is 3.08. The van der Waals surface area contributed by atoms with E-state index < -0.39 is 0 Å². The fraction of sp³-hybridized carbons (Fsp3) is 0.143. The largest absolute Gasteiger partial charge is 0.482 e. The quantitative estimate of drug-likeness (QED) is 0.649. The van der Waals surface area contributed by atoms with E-state index in [1.807, 2.05) is 36.4 Å². The number of para-hydroxylation sites is 2. The number of ether oxygens (including phenoxy) is 1. The zero-order valence-corrected chi connectivity index (χ0v) is 10.7. The summed E-state index contributed by atoms with van der Waals surface area (Å²) in [6.45, 7) is 0.431. The number of fused-ring (bicyclic) bond motifs is 1. The SMILES string of the molecule is NNc1cccc(CN2C(=O)COc3ccccc32)n1. The molecule has 1 amide bonds. The van der Waals surface area contributed by atoms with Crippen LogP contribution in [0.1, 0.15) is 5.69 Å². The molecule has 1 aliphatic rings. The van der Waals surface area contributed by atoms with E-state index in [9.17, 15) is 4.79 Å². The zero-order chi connectivity index (χ0) is 13.9. The summed E-state index contributed by atoms with van der Waals surface area (Å²) in [5, 5.41) is 0. The lowest BCUT2D eigenvalue weighted by atomic mass is 10.2. The molecule has 2 heterocycles. The number of carbonyl (C=O) groups excluding carboxylic acids is 1. The van der Waals surface area contributed by atoms with Gasteiger partial charge in [-0.15, -0.1) is 0 Å². The molecule has 20 heavy (non-hydrogen) atoms. The number of benzene rings is 1. The summed E-state index contributed by atoms with van der Waals surface area (Å²) in [6, 6.07) is 12.9. The first-order valence-electron chi connectivity index (χ1n) is 6.22. The molecule has 0 saturated heterocycles. The van der Waals surface area contributed by atoms with E-state index in [1.165, 1.54) is 0 Å². The Balaban J connectivity index is 1.91. The Labute approximate surface area is 116 Å². The van der Waals surface area contributed by atoms with E-state index >= 15 is 0 Å². The number of pyridine rings is 1. The van der Waals surface area contributed by atoms with Crippen molar-refractivity contribution >= 4 is 17.4 Å². The normalized spacial score (nSPS) is 13.7. The van der Waals surface area contributed by atoms with Crippen molar-refractivity contribution in [3.8, 4) is 5.75 Å². The van der Waals surface area contributed by atoms with Crippen LogP contribution in [0.15, 0.2) is 42.5 Å². The summed E-state index contributed by atoms with van der Waals surface area (Å²) in [4.78, 5) is 18.0. The maximum Gasteiger partial charge on any atom is 0.265 e. The Morgan fingerprint density at radius 2 is 2.10 bits per heavy atom. The molecule has 3 N–H and O–H groups in total. The van der Waals surface area contributed by atoms with E-state index in [0.717, 1.165) is 11.4 Å². The number of anilines is 2. The number of hydrogen-bond donors (Lipinski definition) is 2. The summed E-state index contributed by atoms with van der Waals surface area (Å²) < 4.78 is 5.40. The van der Waals surface area contributed by atoms with Crippen LogP contribution in [0.2, 0.25) is 0 Å². The van der Waals surface area contributed by atoms with Gasteiger partial charge in [0.2, 0.25) is 0 Å². The third kappa shape index (κ3) is 2.28.